The van der Waals surface area contributed by atoms with E-state index in [0.29, 0.717) is 18.1 Å². The smallest absolute Gasteiger partial charge is 0.250 e. The molecule has 1 aliphatic heterocycles. The topological polar surface area (TPSA) is 19.0 Å². The van der Waals surface area contributed by atoms with Gasteiger partial charge in [-0.15, -0.1) is 0 Å². The van der Waals surface area contributed by atoms with Crippen LogP contribution in [-0.4, -0.2) is 55.4 Å². The van der Waals surface area contributed by atoms with Crippen molar-refractivity contribution in [3.8, 4) is 5.75 Å². The van der Waals surface area contributed by atoms with Gasteiger partial charge in [-0.2, -0.15) is 4.39 Å². The number of allylic oxidation sites excluding steroid dienone is 1. The minimum atomic E-state index is -1.64. The zero-order valence-electron chi connectivity index (χ0n) is 21.3. The lowest BCUT2D eigenvalue weighted by molar-refractivity contribution is -0.103. The van der Waals surface area contributed by atoms with Gasteiger partial charge in [0.1, 0.15) is 5.75 Å². The van der Waals surface area contributed by atoms with E-state index >= 15 is 0 Å². The summed E-state index contributed by atoms with van der Waals surface area (Å²) in [5.41, 5.74) is 3.39. The highest BCUT2D eigenvalue weighted by molar-refractivity contribution is 5.52. The molecule has 1 unspecified atom stereocenters. The van der Waals surface area contributed by atoms with E-state index in [2.05, 4.69) is 55.3 Å². The number of hydrogen-bond donors (Lipinski definition) is 0. The van der Waals surface area contributed by atoms with Gasteiger partial charge in [0.25, 0.3) is 0 Å². The first kappa shape index (κ1) is 26.2. The molecular formula is C27H44FN3O. The quantitative estimate of drug-likeness (QED) is 0.371. The molecule has 32 heavy (non-hydrogen) atoms. The Labute approximate surface area is 195 Å². The van der Waals surface area contributed by atoms with Crippen LogP contribution < -0.4 is 9.64 Å². The second-order valence-corrected chi connectivity index (χ2v) is 9.52. The average molecular weight is 446 g/mol. The van der Waals surface area contributed by atoms with Crippen molar-refractivity contribution in [1.82, 2.24) is 9.80 Å². The lowest BCUT2D eigenvalue weighted by Crippen LogP contribution is -2.46. The van der Waals surface area contributed by atoms with E-state index < -0.39 is 5.85 Å². The van der Waals surface area contributed by atoms with Crippen molar-refractivity contribution >= 4 is 5.69 Å². The van der Waals surface area contributed by atoms with Gasteiger partial charge in [0.2, 0.25) is 5.85 Å². The predicted octanol–water partition coefficient (Wildman–Crippen LogP) is 6.31. The Morgan fingerprint density at radius 3 is 2.19 bits per heavy atom. The molecule has 4 nitrogen and oxygen atoms in total. The first-order valence-corrected chi connectivity index (χ1v) is 12.2. The van der Waals surface area contributed by atoms with Crippen molar-refractivity contribution < 1.29 is 9.13 Å². The number of alkyl halides is 1. The van der Waals surface area contributed by atoms with E-state index in [1.807, 2.05) is 45.0 Å². The maximum atomic E-state index is 14.9. The van der Waals surface area contributed by atoms with Crippen LogP contribution in [0.15, 0.2) is 48.3 Å². The zero-order valence-corrected chi connectivity index (χ0v) is 21.3. The van der Waals surface area contributed by atoms with Gasteiger partial charge < -0.3 is 14.5 Å². The summed E-state index contributed by atoms with van der Waals surface area (Å²) >= 11 is 0. The van der Waals surface area contributed by atoms with Crippen LogP contribution in [-0.2, 0) is 0 Å². The van der Waals surface area contributed by atoms with Crippen LogP contribution in [0.5, 0.6) is 5.75 Å². The van der Waals surface area contributed by atoms with Crippen LogP contribution in [0, 0.1) is 11.8 Å². The Morgan fingerprint density at radius 1 is 1.12 bits per heavy atom. The summed E-state index contributed by atoms with van der Waals surface area (Å²) in [6.07, 6.45) is 3.71. The van der Waals surface area contributed by atoms with E-state index in [1.54, 1.807) is 0 Å². The van der Waals surface area contributed by atoms with Gasteiger partial charge in [-0.3, -0.25) is 4.90 Å². The molecule has 0 N–H and O–H groups in total. The molecule has 0 bridgehead atoms. The molecule has 1 fully saturated rings. The number of nitrogens with zero attached hydrogens (tertiary/aromatic N) is 3. The molecule has 0 saturated carbocycles. The lowest BCUT2D eigenvalue weighted by Gasteiger charge is -2.39. The fourth-order valence-corrected chi connectivity index (χ4v) is 3.99. The second kappa shape index (κ2) is 11.7. The number of halogens is 1. The Balaban J connectivity index is 2.17. The molecule has 1 heterocycles. The van der Waals surface area contributed by atoms with Crippen LogP contribution in [0.25, 0.3) is 0 Å². The molecular weight excluding hydrogens is 401 g/mol. The van der Waals surface area contributed by atoms with Gasteiger partial charge >= 0.3 is 0 Å². The fourth-order valence-electron chi connectivity index (χ4n) is 3.99. The number of rotatable bonds is 11. The predicted molar refractivity (Wildman–Crippen MR) is 135 cm³/mol. The summed E-state index contributed by atoms with van der Waals surface area (Å²) in [6.45, 7) is 21.9. The van der Waals surface area contributed by atoms with E-state index in [4.69, 9.17) is 4.74 Å². The lowest BCUT2D eigenvalue weighted by atomic mass is 10.0. The van der Waals surface area contributed by atoms with E-state index in [1.165, 1.54) is 18.7 Å². The molecule has 5 heteroatoms. The molecule has 1 aromatic rings. The number of hydrogen-bond acceptors (Lipinski definition) is 4. The van der Waals surface area contributed by atoms with Crippen LogP contribution in [0.3, 0.4) is 0 Å². The third-order valence-electron chi connectivity index (χ3n) is 6.47. The normalized spacial score (nSPS) is 17.6. The van der Waals surface area contributed by atoms with E-state index in [-0.39, 0.29) is 5.92 Å². The first-order chi connectivity index (χ1) is 15.1. The molecule has 1 aromatic carbocycles. The van der Waals surface area contributed by atoms with Gasteiger partial charge in [0, 0.05) is 57.5 Å². The van der Waals surface area contributed by atoms with Gasteiger partial charge in [-0.25, -0.2) is 0 Å². The SMILES string of the molecule is C=C(/C(=C\N(C)c1ccc(OC(F)(CC)C(C)C)cc1)N1CCN(CCC)CC1)C(C)C. The van der Waals surface area contributed by atoms with Crippen molar-refractivity contribution in [3.63, 3.8) is 0 Å². The monoisotopic (exact) mass is 445 g/mol. The number of piperazine rings is 1. The maximum absolute atomic E-state index is 14.9. The summed E-state index contributed by atoms with van der Waals surface area (Å²) in [7, 11) is 2.05. The van der Waals surface area contributed by atoms with Crippen LogP contribution >= 0.6 is 0 Å². The third kappa shape index (κ3) is 6.74. The molecule has 1 atom stereocenters. The highest BCUT2D eigenvalue weighted by atomic mass is 19.2. The fraction of sp³-hybridized carbons (Fsp3) is 0.630. The second-order valence-electron chi connectivity index (χ2n) is 9.52. The molecule has 0 aromatic heterocycles. The summed E-state index contributed by atoms with van der Waals surface area (Å²) < 4.78 is 20.6. The highest BCUT2D eigenvalue weighted by Crippen LogP contribution is 2.31. The van der Waals surface area contributed by atoms with Crippen molar-refractivity contribution in [2.24, 2.45) is 11.8 Å². The Hall–Kier alpha value is -2.01. The van der Waals surface area contributed by atoms with Gasteiger partial charge in [0.05, 0.1) is 5.70 Å². The third-order valence-corrected chi connectivity index (χ3v) is 6.47. The van der Waals surface area contributed by atoms with Crippen LogP contribution in [0.2, 0.25) is 0 Å². The van der Waals surface area contributed by atoms with Gasteiger partial charge in [0.15, 0.2) is 0 Å². The largest absolute Gasteiger partial charge is 0.458 e. The van der Waals surface area contributed by atoms with Crippen molar-refractivity contribution in [1.29, 1.82) is 0 Å². The molecule has 2 rings (SSSR count). The summed E-state index contributed by atoms with van der Waals surface area (Å²) in [6, 6.07) is 7.67. The first-order valence-electron chi connectivity index (χ1n) is 12.2. The summed E-state index contributed by atoms with van der Waals surface area (Å²) in [4.78, 5) is 7.12. The molecule has 1 aliphatic rings. The zero-order chi connectivity index (χ0) is 23.9. The number of ether oxygens (including phenoxy) is 1. The molecule has 180 valence electrons. The van der Waals surface area contributed by atoms with E-state index in [9.17, 15) is 4.39 Å². The minimum absolute atomic E-state index is 0.208. The molecule has 0 spiro atoms. The molecule has 0 amide bonds. The standard InChI is InChI=1S/C27H44FN3O/c1-9-15-30-16-18-31(19-17-30)26(23(7)21(3)4)20-29(8)24-11-13-25(14-12-24)32-27(28,10-2)22(5)6/h11-14,20-22H,7,9-10,15-19H2,1-6,8H3/b26-20+. The minimum Gasteiger partial charge on any atom is -0.458 e. The van der Waals surface area contributed by atoms with Crippen molar-refractivity contribution in [2.45, 2.75) is 60.2 Å². The highest BCUT2D eigenvalue weighted by Gasteiger charge is 2.33. The van der Waals surface area contributed by atoms with Crippen molar-refractivity contribution in [2.75, 3.05) is 44.7 Å². The molecule has 1 saturated heterocycles. The van der Waals surface area contributed by atoms with E-state index in [0.717, 1.165) is 37.4 Å². The maximum Gasteiger partial charge on any atom is 0.250 e. The van der Waals surface area contributed by atoms with Crippen LogP contribution in [0.1, 0.15) is 54.4 Å². The Morgan fingerprint density at radius 2 is 1.72 bits per heavy atom. The average Bonchev–Trinajstić information content (AvgIpc) is 2.78. The summed E-state index contributed by atoms with van der Waals surface area (Å²) in [5, 5.41) is 0. The Bertz CT molecular complexity index is 751. The molecule has 0 aliphatic carbocycles. The summed E-state index contributed by atoms with van der Waals surface area (Å²) in [5.74, 6) is -0.917. The van der Waals surface area contributed by atoms with Gasteiger partial charge in [-0.05, 0) is 48.7 Å². The van der Waals surface area contributed by atoms with Crippen molar-refractivity contribution in [3.05, 3.63) is 48.3 Å². The molecule has 0 radical (unpaired) electrons. The Kier molecular flexibility index (Phi) is 9.63. The number of anilines is 1. The van der Waals surface area contributed by atoms with Gasteiger partial charge in [-0.1, -0.05) is 48.1 Å². The number of benzene rings is 1. The van der Waals surface area contributed by atoms with Crippen LogP contribution in [0.4, 0.5) is 10.1 Å².